The van der Waals surface area contributed by atoms with Crippen molar-refractivity contribution in [1.29, 1.82) is 0 Å². The number of hydrogen-bond acceptors (Lipinski definition) is 2. The average molecular weight is 854 g/mol. The Labute approximate surface area is 390 Å². The molecule has 0 aliphatic heterocycles. The van der Waals surface area contributed by atoms with Crippen LogP contribution in [0.2, 0.25) is 0 Å². The summed E-state index contributed by atoms with van der Waals surface area (Å²) in [4.78, 5) is 2.45. The monoisotopic (exact) mass is 853 g/mol. The fourth-order valence-corrected chi connectivity index (χ4v) is 10.9. The first kappa shape index (κ1) is 38.7. The van der Waals surface area contributed by atoms with Gasteiger partial charge < -0.3 is 9.32 Å². The van der Waals surface area contributed by atoms with Crippen LogP contribution in [0.1, 0.15) is 22.3 Å². The van der Waals surface area contributed by atoms with E-state index in [1.54, 1.807) is 0 Å². The second-order valence-corrected chi connectivity index (χ2v) is 17.6. The van der Waals surface area contributed by atoms with E-state index >= 15 is 0 Å². The van der Waals surface area contributed by atoms with Gasteiger partial charge >= 0.3 is 0 Å². The molecule has 11 aromatic carbocycles. The molecule has 1 aliphatic carbocycles. The molecule has 0 radical (unpaired) electrons. The maximum absolute atomic E-state index is 6.20. The number of fused-ring (bicyclic) bond motifs is 7. The van der Waals surface area contributed by atoms with E-state index < -0.39 is 5.41 Å². The number of para-hydroxylation sites is 1. The van der Waals surface area contributed by atoms with E-state index in [0.717, 1.165) is 50.1 Å². The van der Waals surface area contributed by atoms with Crippen LogP contribution in [0.25, 0.3) is 77.2 Å². The van der Waals surface area contributed by atoms with Crippen LogP contribution in [0.5, 0.6) is 0 Å². The molecule has 2 heteroatoms. The molecule has 0 N–H and O–H groups in total. The lowest BCUT2D eigenvalue weighted by atomic mass is 9.68. The summed E-state index contributed by atoms with van der Waals surface area (Å²) in [6, 6.07) is 95.1. The van der Waals surface area contributed by atoms with Crippen LogP contribution in [0.15, 0.2) is 265 Å². The number of nitrogens with zero attached hydrogens (tertiary/aromatic N) is 1. The Morgan fingerprint density at radius 3 is 1.58 bits per heavy atom. The average Bonchev–Trinajstić information content (AvgIpc) is 3.93. The normalized spacial score (nSPS) is 12.6. The van der Waals surface area contributed by atoms with Crippen LogP contribution in [0.4, 0.5) is 17.1 Å². The molecule has 1 heterocycles. The van der Waals surface area contributed by atoms with Crippen LogP contribution in [0, 0.1) is 0 Å². The zero-order valence-electron chi connectivity index (χ0n) is 36.7. The first-order chi connectivity index (χ1) is 33.2. The molecule has 0 atom stereocenters. The Bertz CT molecular complexity index is 3750. The van der Waals surface area contributed by atoms with E-state index in [-0.39, 0.29) is 0 Å². The maximum atomic E-state index is 6.20. The fraction of sp³-hybridized carbons (Fsp3) is 0.0154. The molecule has 12 aromatic rings. The third-order valence-corrected chi connectivity index (χ3v) is 14.0. The second-order valence-electron chi connectivity index (χ2n) is 17.6. The number of benzene rings is 11. The molecule has 0 bridgehead atoms. The first-order valence-electron chi connectivity index (χ1n) is 23.1. The van der Waals surface area contributed by atoms with E-state index in [9.17, 15) is 0 Å². The minimum Gasteiger partial charge on any atom is -0.456 e. The Kier molecular flexibility index (Phi) is 9.11. The van der Waals surface area contributed by atoms with Crippen molar-refractivity contribution in [2.75, 3.05) is 4.90 Å². The predicted octanol–water partition coefficient (Wildman–Crippen LogP) is 17.6. The van der Waals surface area contributed by atoms with Gasteiger partial charge in [-0.25, -0.2) is 0 Å². The summed E-state index contributed by atoms with van der Waals surface area (Å²) in [5, 5.41) is 4.76. The Morgan fingerprint density at radius 1 is 0.313 bits per heavy atom. The maximum Gasteiger partial charge on any atom is 0.135 e. The Balaban J connectivity index is 0.976. The SMILES string of the molecule is c1ccc(C2(c3ccccc3)c3ccccc3-c3c(N(c4ccc(-c5cccc(-c6cccc7ccccc67)c5)cc4)c4ccc(-c5ccc6oc7ccccc7c6c5)cc4)cccc32)cc1. The van der Waals surface area contributed by atoms with Gasteiger partial charge in [0.05, 0.1) is 11.1 Å². The first-order valence-corrected chi connectivity index (χ1v) is 23.1. The highest BCUT2D eigenvalue weighted by molar-refractivity contribution is 6.06. The largest absolute Gasteiger partial charge is 0.456 e. The number of furan rings is 1. The summed E-state index contributed by atoms with van der Waals surface area (Å²) in [6.07, 6.45) is 0. The molecule has 0 amide bonds. The van der Waals surface area contributed by atoms with Crippen LogP contribution in [0.3, 0.4) is 0 Å². The van der Waals surface area contributed by atoms with E-state index in [4.69, 9.17) is 4.42 Å². The van der Waals surface area contributed by atoms with Crippen molar-refractivity contribution in [2.24, 2.45) is 0 Å². The molecule has 67 heavy (non-hydrogen) atoms. The standard InChI is InChI=1S/C65H43NO/c1-3-20-50(21-4-1)65(51-22-5-2-6-23-51)59-28-11-9-26-57(59)64-60(65)29-15-30-61(64)66(53-39-34-45(35-40-53)48-36-41-63-58(43-48)56-25-10-12-31-62(56)67-63)52-37-32-44(33-38-52)47-18-13-19-49(42-47)55-27-14-17-46-16-7-8-24-54(46)55/h1-43H. The molecular weight excluding hydrogens is 811 g/mol. The molecule has 0 saturated carbocycles. The van der Waals surface area contributed by atoms with Gasteiger partial charge in [0.15, 0.2) is 0 Å². The minimum absolute atomic E-state index is 0.519. The topological polar surface area (TPSA) is 16.4 Å². The van der Waals surface area contributed by atoms with Crippen molar-refractivity contribution in [3.05, 3.63) is 283 Å². The highest BCUT2D eigenvalue weighted by atomic mass is 16.3. The van der Waals surface area contributed by atoms with Crippen LogP contribution in [-0.4, -0.2) is 0 Å². The van der Waals surface area contributed by atoms with Gasteiger partial charge in [0.1, 0.15) is 11.2 Å². The molecule has 0 unspecified atom stereocenters. The van der Waals surface area contributed by atoms with Crippen molar-refractivity contribution >= 4 is 49.8 Å². The number of rotatable bonds is 8. The fourth-order valence-electron chi connectivity index (χ4n) is 10.9. The van der Waals surface area contributed by atoms with E-state index in [1.807, 2.05) is 12.1 Å². The summed E-state index contributed by atoms with van der Waals surface area (Å²) in [6.45, 7) is 0. The van der Waals surface area contributed by atoms with Gasteiger partial charge in [-0.3, -0.25) is 0 Å². The molecule has 1 aromatic heterocycles. The van der Waals surface area contributed by atoms with Crippen LogP contribution in [-0.2, 0) is 5.41 Å². The van der Waals surface area contributed by atoms with E-state index in [1.165, 1.54) is 66.4 Å². The lowest BCUT2D eigenvalue weighted by molar-refractivity contribution is 0.669. The van der Waals surface area contributed by atoms with Gasteiger partial charge in [-0.2, -0.15) is 0 Å². The van der Waals surface area contributed by atoms with Gasteiger partial charge in [0.25, 0.3) is 0 Å². The predicted molar refractivity (Wildman–Crippen MR) is 280 cm³/mol. The van der Waals surface area contributed by atoms with Crippen molar-refractivity contribution in [3.8, 4) is 44.5 Å². The van der Waals surface area contributed by atoms with E-state index in [0.29, 0.717) is 0 Å². The lowest BCUT2D eigenvalue weighted by Crippen LogP contribution is -2.28. The summed E-state index contributed by atoms with van der Waals surface area (Å²) in [7, 11) is 0. The lowest BCUT2D eigenvalue weighted by Gasteiger charge is -2.34. The molecular formula is C65H43NO. The summed E-state index contributed by atoms with van der Waals surface area (Å²) >= 11 is 0. The van der Waals surface area contributed by atoms with Crippen molar-refractivity contribution in [3.63, 3.8) is 0 Å². The van der Waals surface area contributed by atoms with Crippen LogP contribution < -0.4 is 4.90 Å². The Morgan fingerprint density at radius 2 is 0.836 bits per heavy atom. The molecule has 0 fully saturated rings. The Hall–Kier alpha value is -8.72. The highest BCUT2D eigenvalue weighted by Gasteiger charge is 2.47. The van der Waals surface area contributed by atoms with Crippen molar-refractivity contribution in [2.45, 2.75) is 5.41 Å². The van der Waals surface area contributed by atoms with Gasteiger partial charge in [0.2, 0.25) is 0 Å². The summed E-state index contributed by atoms with van der Waals surface area (Å²) < 4.78 is 6.20. The van der Waals surface area contributed by atoms with Gasteiger partial charge in [-0.15, -0.1) is 0 Å². The molecule has 0 saturated heterocycles. The molecule has 314 valence electrons. The molecule has 0 spiro atoms. The van der Waals surface area contributed by atoms with E-state index in [2.05, 4.69) is 254 Å². The third kappa shape index (κ3) is 6.26. The number of hydrogen-bond donors (Lipinski definition) is 0. The summed E-state index contributed by atoms with van der Waals surface area (Å²) in [5.74, 6) is 0. The number of anilines is 3. The quantitative estimate of drug-likeness (QED) is 0.151. The van der Waals surface area contributed by atoms with Crippen molar-refractivity contribution in [1.82, 2.24) is 0 Å². The molecule has 13 rings (SSSR count). The third-order valence-electron chi connectivity index (χ3n) is 14.0. The zero-order chi connectivity index (χ0) is 44.3. The summed E-state index contributed by atoms with van der Waals surface area (Å²) in [5.41, 5.74) is 19.2. The minimum atomic E-state index is -0.519. The van der Waals surface area contributed by atoms with Gasteiger partial charge in [-0.05, 0) is 127 Å². The van der Waals surface area contributed by atoms with Crippen LogP contribution >= 0.6 is 0 Å². The molecule has 2 nitrogen and oxygen atoms in total. The van der Waals surface area contributed by atoms with Gasteiger partial charge in [0, 0.05) is 27.7 Å². The second kappa shape index (κ2) is 15.8. The van der Waals surface area contributed by atoms with Crippen molar-refractivity contribution < 1.29 is 4.42 Å². The molecule has 1 aliphatic rings. The highest BCUT2D eigenvalue weighted by Crippen LogP contribution is 2.59. The zero-order valence-corrected chi connectivity index (χ0v) is 36.7. The van der Waals surface area contributed by atoms with Gasteiger partial charge in [-0.1, -0.05) is 206 Å². The smallest absolute Gasteiger partial charge is 0.135 e.